The molecule has 2 heterocycles. The number of methoxy groups -OCH3 is 1. The number of hydrogen-bond acceptors (Lipinski definition) is 6. The smallest absolute Gasteiger partial charge is 0.253 e. The molecular weight excluding hydrogens is 450 g/mol. The molecule has 0 aliphatic carbocycles. The Morgan fingerprint density at radius 3 is 2.42 bits per heavy atom. The minimum Gasteiger partial charge on any atom is -0.495 e. The maximum atomic E-state index is 13.0. The maximum Gasteiger partial charge on any atom is 0.253 e. The lowest BCUT2D eigenvalue weighted by molar-refractivity contribution is 0.0746. The van der Waals surface area contributed by atoms with Crippen molar-refractivity contribution in [2.75, 3.05) is 42.9 Å². The summed E-state index contributed by atoms with van der Waals surface area (Å²) >= 11 is 3.37. The Kier molecular flexibility index (Phi) is 6.41. The first-order valence-electron chi connectivity index (χ1n) is 10.9. The van der Waals surface area contributed by atoms with Gasteiger partial charge < -0.3 is 19.3 Å². The number of carbonyl (C=O) groups is 1. The lowest BCUT2D eigenvalue weighted by atomic mass is 10.1. The van der Waals surface area contributed by atoms with E-state index >= 15 is 0 Å². The zero-order valence-electron chi connectivity index (χ0n) is 18.4. The molecule has 4 aromatic rings. The number of thiophene rings is 1. The third kappa shape index (κ3) is 4.79. The van der Waals surface area contributed by atoms with Crippen molar-refractivity contribution in [3.8, 4) is 5.75 Å². The summed E-state index contributed by atoms with van der Waals surface area (Å²) in [6, 6.07) is 26.4. The summed E-state index contributed by atoms with van der Waals surface area (Å²) in [5, 5.41) is 1.26. The van der Waals surface area contributed by atoms with Gasteiger partial charge in [-0.3, -0.25) is 4.79 Å². The number of ether oxygens (including phenoxy) is 1. The van der Waals surface area contributed by atoms with Crippen LogP contribution >= 0.6 is 23.3 Å². The maximum absolute atomic E-state index is 13.0. The van der Waals surface area contributed by atoms with Crippen LogP contribution in [0.2, 0.25) is 0 Å². The third-order valence-electron chi connectivity index (χ3n) is 5.80. The van der Waals surface area contributed by atoms with Crippen LogP contribution in [0.4, 0.5) is 11.4 Å². The van der Waals surface area contributed by atoms with Gasteiger partial charge in [0.25, 0.3) is 5.91 Å². The fraction of sp³-hybridized carbons (Fsp3) is 0.192. The molecule has 33 heavy (non-hydrogen) atoms. The highest BCUT2D eigenvalue weighted by atomic mass is 32.2. The summed E-state index contributed by atoms with van der Waals surface area (Å²) in [6.45, 7) is 2.96. The molecule has 1 aliphatic rings. The van der Waals surface area contributed by atoms with Gasteiger partial charge in [0.05, 0.1) is 17.0 Å². The highest BCUT2D eigenvalue weighted by Crippen LogP contribution is 2.33. The zero-order chi connectivity index (χ0) is 22.6. The molecule has 1 amide bonds. The highest BCUT2D eigenvalue weighted by molar-refractivity contribution is 8.02. The summed E-state index contributed by atoms with van der Waals surface area (Å²) in [4.78, 5) is 17.2. The van der Waals surface area contributed by atoms with Crippen molar-refractivity contribution in [1.82, 2.24) is 4.90 Å². The summed E-state index contributed by atoms with van der Waals surface area (Å²) < 4.78 is 11.4. The second-order valence-corrected chi connectivity index (χ2v) is 10.0. The second kappa shape index (κ2) is 9.77. The van der Waals surface area contributed by atoms with Gasteiger partial charge in [0.15, 0.2) is 0 Å². The van der Waals surface area contributed by atoms with Gasteiger partial charge in [-0.15, -0.1) is 11.3 Å². The van der Waals surface area contributed by atoms with E-state index in [0.717, 1.165) is 35.8 Å². The Labute approximate surface area is 202 Å². The molecule has 7 heteroatoms. The number of nitrogens with zero attached hydrogens (tertiary/aromatic N) is 2. The SMILES string of the molecule is COc1ccccc1N1CCN(C(=O)c2ccc(NSc3cc4ccccc4s3)cc2)CC1. The van der Waals surface area contributed by atoms with Gasteiger partial charge in [-0.25, -0.2) is 0 Å². The topological polar surface area (TPSA) is 44.8 Å². The van der Waals surface area contributed by atoms with Crippen LogP contribution < -0.4 is 14.4 Å². The molecule has 1 aliphatic heterocycles. The molecule has 1 N–H and O–H groups in total. The molecule has 5 rings (SSSR count). The van der Waals surface area contributed by atoms with Crippen LogP contribution in [0.15, 0.2) is 83.1 Å². The lowest BCUT2D eigenvalue weighted by Gasteiger charge is -2.36. The van der Waals surface area contributed by atoms with E-state index < -0.39 is 0 Å². The molecule has 1 fully saturated rings. The predicted octanol–water partition coefficient (Wildman–Crippen LogP) is 5.99. The molecule has 0 saturated carbocycles. The van der Waals surface area contributed by atoms with Crippen LogP contribution in [0.25, 0.3) is 10.1 Å². The van der Waals surface area contributed by atoms with Crippen LogP contribution in [-0.4, -0.2) is 44.1 Å². The van der Waals surface area contributed by atoms with Crippen molar-refractivity contribution in [1.29, 1.82) is 0 Å². The van der Waals surface area contributed by atoms with Gasteiger partial charge in [0.1, 0.15) is 5.75 Å². The molecule has 0 spiro atoms. The van der Waals surface area contributed by atoms with E-state index in [9.17, 15) is 4.79 Å². The number of benzene rings is 3. The average molecular weight is 476 g/mol. The number of para-hydroxylation sites is 2. The molecule has 0 bridgehead atoms. The van der Waals surface area contributed by atoms with E-state index in [1.807, 2.05) is 47.4 Å². The number of rotatable bonds is 6. The monoisotopic (exact) mass is 475 g/mol. The zero-order valence-corrected chi connectivity index (χ0v) is 20.0. The Morgan fingerprint density at radius 2 is 1.67 bits per heavy atom. The third-order valence-corrected chi connectivity index (χ3v) is 7.86. The second-order valence-electron chi connectivity index (χ2n) is 7.84. The Bertz CT molecular complexity index is 1210. The minimum atomic E-state index is 0.0818. The normalized spacial score (nSPS) is 13.8. The van der Waals surface area contributed by atoms with Crippen molar-refractivity contribution in [2.45, 2.75) is 4.21 Å². The van der Waals surface area contributed by atoms with Gasteiger partial charge in [-0.1, -0.05) is 30.3 Å². The van der Waals surface area contributed by atoms with Gasteiger partial charge in [-0.2, -0.15) is 0 Å². The van der Waals surface area contributed by atoms with E-state index in [1.165, 1.54) is 14.3 Å². The van der Waals surface area contributed by atoms with Gasteiger partial charge >= 0.3 is 0 Å². The Balaban J connectivity index is 1.17. The fourth-order valence-corrected chi connectivity index (χ4v) is 5.92. The highest BCUT2D eigenvalue weighted by Gasteiger charge is 2.23. The van der Waals surface area contributed by atoms with E-state index in [4.69, 9.17) is 4.74 Å². The molecule has 168 valence electrons. The van der Waals surface area contributed by atoms with E-state index in [0.29, 0.717) is 13.1 Å². The van der Waals surface area contributed by atoms with Crippen LogP contribution in [0, 0.1) is 0 Å². The molecule has 1 saturated heterocycles. The Morgan fingerprint density at radius 1 is 0.939 bits per heavy atom. The first-order valence-corrected chi connectivity index (χ1v) is 12.5. The van der Waals surface area contributed by atoms with Crippen LogP contribution in [0.1, 0.15) is 10.4 Å². The first-order chi connectivity index (χ1) is 16.2. The molecule has 0 atom stereocenters. The van der Waals surface area contributed by atoms with E-state index in [-0.39, 0.29) is 5.91 Å². The molecule has 5 nitrogen and oxygen atoms in total. The lowest BCUT2D eigenvalue weighted by Crippen LogP contribution is -2.48. The molecule has 0 unspecified atom stereocenters. The first kappa shape index (κ1) is 21.7. The molecule has 1 aromatic heterocycles. The number of hydrogen-bond donors (Lipinski definition) is 1. The predicted molar refractivity (Wildman–Crippen MR) is 139 cm³/mol. The quantitative estimate of drug-likeness (QED) is 0.347. The van der Waals surface area contributed by atoms with Crippen molar-refractivity contribution in [3.63, 3.8) is 0 Å². The summed E-state index contributed by atoms with van der Waals surface area (Å²) in [7, 11) is 1.69. The molecular formula is C26H25N3O2S2. The summed E-state index contributed by atoms with van der Waals surface area (Å²) in [6.07, 6.45) is 0. The standard InChI is InChI=1S/C26H25N3O2S2/c1-31-23-8-4-3-7-22(23)28-14-16-29(17-15-28)26(30)19-10-12-21(13-11-19)27-33-25-18-20-6-2-5-9-24(20)32-25/h2-13,18,27H,14-17H2,1H3. The summed E-state index contributed by atoms with van der Waals surface area (Å²) in [5.41, 5.74) is 2.78. The molecule has 0 radical (unpaired) electrons. The van der Waals surface area contributed by atoms with Crippen LogP contribution in [0.3, 0.4) is 0 Å². The van der Waals surface area contributed by atoms with Crippen molar-refractivity contribution < 1.29 is 9.53 Å². The number of carbonyl (C=O) groups excluding carboxylic acids is 1. The number of amides is 1. The van der Waals surface area contributed by atoms with Crippen molar-refractivity contribution in [2.24, 2.45) is 0 Å². The van der Waals surface area contributed by atoms with Crippen LogP contribution in [-0.2, 0) is 0 Å². The average Bonchev–Trinajstić information content (AvgIpc) is 3.30. The van der Waals surface area contributed by atoms with E-state index in [2.05, 4.69) is 46.0 Å². The van der Waals surface area contributed by atoms with Crippen molar-refractivity contribution >= 4 is 50.7 Å². The van der Waals surface area contributed by atoms with Crippen LogP contribution in [0.5, 0.6) is 5.75 Å². The molecule has 3 aromatic carbocycles. The van der Waals surface area contributed by atoms with Crippen molar-refractivity contribution in [3.05, 3.63) is 84.4 Å². The number of nitrogens with one attached hydrogen (secondary N) is 1. The fourth-order valence-electron chi connectivity index (χ4n) is 4.02. The van der Waals surface area contributed by atoms with Gasteiger partial charge in [0, 0.05) is 42.1 Å². The minimum absolute atomic E-state index is 0.0818. The van der Waals surface area contributed by atoms with Gasteiger partial charge in [0.2, 0.25) is 0 Å². The Hall–Kier alpha value is -3.16. The summed E-state index contributed by atoms with van der Waals surface area (Å²) in [5.74, 6) is 0.951. The number of anilines is 2. The van der Waals surface area contributed by atoms with Gasteiger partial charge in [-0.05, 0) is 65.9 Å². The number of piperazine rings is 1. The van der Waals surface area contributed by atoms with E-state index in [1.54, 1.807) is 30.4 Å². The number of fused-ring (bicyclic) bond motifs is 1. The largest absolute Gasteiger partial charge is 0.495 e.